The third-order valence-electron chi connectivity index (χ3n) is 4.76. The molecule has 2 aromatic carbocycles. The number of nitrogens with zero attached hydrogens (tertiary/aromatic N) is 2. The van der Waals surface area contributed by atoms with Crippen LogP contribution in [-0.4, -0.2) is 27.8 Å². The molecule has 7 nitrogen and oxygen atoms in total. The van der Waals surface area contributed by atoms with Crippen molar-refractivity contribution < 1.29 is 4.74 Å². The van der Waals surface area contributed by atoms with Gasteiger partial charge in [0.05, 0.1) is 11.3 Å². The minimum absolute atomic E-state index is 0.219. The molecule has 0 unspecified atom stereocenters. The highest BCUT2D eigenvalue weighted by atomic mass is 16.5. The monoisotopic (exact) mass is 374 g/mol. The zero-order chi connectivity index (χ0) is 19.5. The summed E-state index contributed by atoms with van der Waals surface area (Å²) in [5.74, 6) is 2.30. The van der Waals surface area contributed by atoms with Crippen molar-refractivity contribution in [2.45, 2.75) is 24.9 Å². The molecule has 6 N–H and O–H groups in total. The fraction of sp³-hybridized carbons (Fsp3) is 0.190. The van der Waals surface area contributed by atoms with Crippen molar-refractivity contribution in [3.05, 3.63) is 72.1 Å². The highest BCUT2D eigenvalue weighted by Crippen LogP contribution is 2.28. The summed E-state index contributed by atoms with van der Waals surface area (Å²) in [6.07, 6.45) is 3.16. The first-order valence-electron chi connectivity index (χ1n) is 9.15. The molecule has 1 heterocycles. The molecule has 1 fully saturated rings. The number of hydrogen-bond donors (Lipinski definition) is 4. The third-order valence-corrected chi connectivity index (χ3v) is 4.76. The zero-order valence-corrected chi connectivity index (χ0v) is 15.3. The van der Waals surface area contributed by atoms with Crippen LogP contribution in [0.3, 0.4) is 0 Å². The van der Waals surface area contributed by atoms with Crippen LogP contribution in [0.5, 0.6) is 11.5 Å². The van der Waals surface area contributed by atoms with Crippen LogP contribution in [-0.2, 0) is 0 Å². The van der Waals surface area contributed by atoms with Crippen LogP contribution in [0.2, 0.25) is 0 Å². The molecule has 142 valence electrons. The second-order valence-electron chi connectivity index (χ2n) is 6.87. The van der Waals surface area contributed by atoms with Crippen LogP contribution in [0.15, 0.2) is 60.9 Å². The Morgan fingerprint density at radius 2 is 1.68 bits per heavy atom. The smallest absolute Gasteiger partial charge is 0.141 e. The number of para-hydroxylation sites is 1. The SMILES string of the molecule is N=C(c1ccc(Oc2ccccc2)cc1)c1c(N)ncnc1NC1CC(N)C1. The number of hydrogen-bond acceptors (Lipinski definition) is 7. The minimum Gasteiger partial charge on any atom is -0.457 e. The van der Waals surface area contributed by atoms with Gasteiger partial charge < -0.3 is 21.5 Å². The van der Waals surface area contributed by atoms with Gasteiger partial charge in [-0.3, -0.25) is 5.41 Å². The number of nitrogens with two attached hydrogens (primary N) is 2. The van der Waals surface area contributed by atoms with Gasteiger partial charge in [0.1, 0.15) is 29.5 Å². The van der Waals surface area contributed by atoms with E-state index in [9.17, 15) is 0 Å². The molecular formula is C21H22N6O. The molecule has 28 heavy (non-hydrogen) atoms. The molecule has 0 atom stereocenters. The van der Waals surface area contributed by atoms with Gasteiger partial charge >= 0.3 is 0 Å². The Labute approximate surface area is 163 Å². The van der Waals surface area contributed by atoms with E-state index in [0.29, 0.717) is 22.7 Å². The van der Waals surface area contributed by atoms with E-state index in [1.807, 2.05) is 54.6 Å². The van der Waals surface area contributed by atoms with Gasteiger partial charge in [0.25, 0.3) is 0 Å². The normalized spacial score (nSPS) is 18.2. The summed E-state index contributed by atoms with van der Waals surface area (Å²) < 4.78 is 5.81. The molecule has 1 aliphatic carbocycles. The van der Waals surface area contributed by atoms with E-state index >= 15 is 0 Å². The fourth-order valence-corrected chi connectivity index (χ4v) is 3.19. The third kappa shape index (κ3) is 3.79. The molecule has 1 saturated carbocycles. The maximum Gasteiger partial charge on any atom is 0.141 e. The Balaban J connectivity index is 1.54. The second-order valence-corrected chi connectivity index (χ2v) is 6.87. The van der Waals surface area contributed by atoms with Gasteiger partial charge in [-0.25, -0.2) is 9.97 Å². The van der Waals surface area contributed by atoms with Gasteiger partial charge in [-0.1, -0.05) is 18.2 Å². The van der Waals surface area contributed by atoms with Crippen LogP contribution in [0.25, 0.3) is 0 Å². The first kappa shape index (κ1) is 17.9. The summed E-state index contributed by atoms with van der Waals surface area (Å²) in [6.45, 7) is 0. The molecule has 7 heteroatoms. The van der Waals surface area contributed by atoms with Gasteiger partial charge in [0.2, 0.25) is 0 Å². The quantitative estimate of drug-likeness (QED) is 0.492. The van der Waals surface area contributed by atoms with Crippen molar-refractivity contribution in [3.8, 4) is 11.5 Å². The lowest BCUT2D eigenvalue weighted by molar-refractivity contribution is 0.373. The molecule has 0 spiro atoms. The second kappa shape index (κ2) is 7.66. The number of benzene rings is 2. The van der Waals surface area contributed by atoms with E-state index in [1.54, 1.807) is 0 Å². The van der Waals surface area contributed by atoms with Crippen molar-refractivity contribution in [1.82, 2.24) is 9.97 Å². The molecule has 1 aromatic heterocycles. The molecular weight excluding hydrogens is 352 g/mol. The van der Waals surface area contributed by atoms with E-state index in [-0.39, 0.29) is 23.6 Å². The number of anilines is 2. The average molecular weight is 374 g/mol. The van der Waals surface area contributed by atoms with Crippen LogP contribution in [0, 0.1) is 5.41 Å². The average Bonchev–Trinajstić information content (AvgIpc) is 2.68. The zero-order valence-electron chi connectivity index (χ0n) is 15.3. The Morgan fingerprint density at radius 1 is 1.00 bits per heavy atom. The Hall–Kier alpha value is -3.45. The van der Waals surface area contributed by atoms with E-state index in [0.717, 1.165) is 18.6 Å². The lowest BCUT2D eigenvalue weighted by atomic mass is 9.87. The predicted molar refractivity (Wildman–Crippen MR) is 110 cm³/mol. The summed E-state index contributed by atoms with van der Waals surface area (Å²) in [4.78, 5) is 8.36. The number of rotatable bonds is 6. The van der Waals surface area contributed by atoms with Crippen molar-refractivity contribution in [2.24, 2.45) is 5.73 Å². The topological polar surface area (TPSA) is 123 Å². The van der Waals surface area contributed by atoms with Crippen LogP contribution in [0.4, 0.5) is 11.6 Å². The van der Waals surface area contributed by atoms with Gasteiger partial charge in [0, 0.05) is 17.6 Å². The van der Waals surface area contributed by atoms with Crippen LogP contribution < -0.4 is 21.5 Å². The summed E-state index contributed by atoms with van der Waals surface area (Å²) in [5, 5.41) is 12.0. The lowest BCUT2D eigenvalue weighted by Crippen LogP contribution is -2.44. The lowest BCUT2D eigenvalue weighted by Gasteiger charge is -2.33. The van der Waals surface area contributed by atoms with E-state index in [2.05, 4.69) is 15.3 Å². The maximum atomic E-state index is 8.64. The number of nitrogen functional groups attached to an aromatic ring is 1. The fourth-order valence-electron chi connectivity index (χ4n) is 3.19. The Kier molecular flexibility index (Phi) is 4.90. The molecule has 0 aliphatic heterocycles. The minimum atomic E-state index is 0.219. The summed E-state index contributed by atoms with van der Waals surface area (Å²) in [6, 6.07) is 17.3. The first-order valence-corrected chi connectivity index (χ1v) is 9.15. The van der Waals surface area contributed by atoms with Crippen molar-refractivity contribution in [2.75, 3.05) is 11.1 Å². The number of nitrogens with one attached hydrogen (secondary N) is 2. The Bertz CT molecular complexity index is 968. The number of aromatic nitrogens is 2. The summed E-state index contributed by atoms with van der Waals surface area (Å²) >= 11 is 0. The maximum absolute atomic E-state index is 8.64. The van der Waals surface area contributed by atoms with E-state index in [1.165, 1.54) is 6.33 Å². The summed E-state index contributed by atoms with van der Waals surface area (Å²) in [7, 11) is 0. The highest BCUT2D eigenvalue weighted by Gasteiger charge is 2.27. The highest BCUT2D eigenvalue weighted by molar-refractivity contribution is 6.16. The summed E-state index contributed by atoms with van der Waals surface area (Å²) in [5.41, 5.74) is 13.4. The van der Waals surface area contributed by atoms with Gasteiger partial charge in [-0.2, -0.15) is 0 Å². The molecule has 0 bridgehead atoms. The largest absolute Gasteiger partial charge is 0.457 e. The van der Waals surface area contributed by atoms with Crippen LogP contribution >= 0.6 is 0 Å². The van der Waals surface area contributed by atoms with Gasteiger partial charge in [-0.05, 0) is 49.2 Å². The standard InChI is InChI=1S/C21H22N6O/c22-14-10-15(11-14)27-21-18(20(24)25-12-26-21)19(23)13-6-8-17(9-7-13)28-16-4-2-1-3-5-16/h1-9,12,14-15,23H,10-11,22H2,(H3,24,25,26,27). The molecule has 4 rings (SSSR count). The Morgan fingerprint density at radius 3 is 2.36 bits per heavy atom. The molecule has 3 aromatic rings. The number of ether oxygens (including phenoxy) is 1. The van der Waals surface area contributed by atoms with Crippen molar-refractivity contribution >= 4 is 17.3 Å². The van der Waals surface area contributed by atoms with E-state index < -0.39 is 0 Å². The molecule has 0 radical (unpaired) electrons. The van der Waals surface area contributed by atoms with Crippen molar-refractivity contribution in [3.63, 3.8) is 0 Å². The van der Waals surface area contributed by atoms with Crippen molar-refractivity contribution in [1.29, 1.82) is 5.41 Å². The van der Waals surface area contributed by atoms with Crippen LogP contribution in [0.1, 0.15) is 24.0 Å². The van der Waals surface area contributed by atoms with E-state index in [4.69, 9.17) is 21.6 Å². The molecule has 0 saturated heterocycles. The molecule has 0 amide bonds. The van der Waals surface area contributed by atoms with Gasteiger partial charge in [0.15, 0.2) is 0 Å². The predicted octanol–water partition coefficient (Wildman–Crippen LogP) is 3.17. The molecule has 1 aliphatic rings. The van der Waals surface area contributed by atoms with Gasteiger partial charge in [-0.15, -0.1) is 0 Å². The first-order chi connectivity index (χ1) is 13.6.